The summed E-state index contributed by atoms with van der Waals surface area (Å²) in [5.74, 6) is 2.57. The Bertz CT molecular complexity index is 571. The first-order chi connectivity index (χ1) is 8.66. The molecule has 0 saturated carbocycles. The van der Waals surface area contributed by atoms with Gasteiger partial charge in [-0.05, 0) is 11.6 Å². The fraction of sp³-hybridized carbons (Fsp3) is 0.188. The van der Waals surface area contributed by atoms with Crippen molar-refractivity contribution in [3.8, 4) is 12.3 Å². The number of aromatic nitrogens is 1. The van der Waals surface area contributed by atoms with Gasteiger partial charge < -0.3 is 5.11 Å². The van der Waals surface area contributed by atoms with E-state index in [2.05, 4.69) is 5.92 Å². The monoisotopic (exact) mass is 238 g/mol. The third-order valence-corrected chi connectivity index (χ3v) is 3.03. The van der Waals surface area contributed by atoms with Gasteiger partial charge in [0.2, 0.25) is 0 Å². The van der Waals surface area contributed by atoms with Crippen LogP contribution in [0.2, 0.25) is 0 Å². The fourth-order valence-corrected chi connectivity index (χ4v) is 2.06. The minimum atomic E-state index is -1.13. The molecular weight excluding hydrogens is 222 g/mol. The lowest BCUT2D eigenvalue weighted by Crippen LogP contribution is -2.33. The highest BCUT2D eigenvalue weighted by Gasteiger charge is 2.32. The molecule has 2 heteroatoms. The second-order valence-electron chi connectivity index (χ2n) is 4.37. The number of hydrogen-bond donors (Lipinski definition) is 1. The number of terminal acetylenes is 1. The highest BCUT2D eigenvalue weighted by atomic mass is 16.3. The summed E-state index contributed by atoms with van der Waals surface area (Å²) in [6, 6.07) is 13.3. The summed E-state index contributed by atoms with van der Waals surface area (Å²) in [5, 5.41) is 10.9. The molecule has 18 heavy (non-hydrogen) atoms. The molecule has 1 unspecified atom stereocenters. The molecule has 2 aromatic rings. The lowest BCUT2D eigenvalue weighted by molar-refractivity contribution is -0.672. The number of aliphatic hydroxyl groups is 1. The number of aryl methyl sites for hydroxylation is 1. The Morgan fingerprint density at radius 2 is 1.83 bits per heavy atom. The smallest absolute Gasteiger partial charge is 0.175 e. The van der Waals surface area contributed by atoms with Crippen molar-refractivity contribution in [2.75, 3.05) is 0 Å². The van der Waals surface area contributed by atoms with Crippen molar-refractivity contribution < 1.29 is 9.67 Å². The van der Waals surface area contributed by atoms with Crippen molar-refractivity contribution in [3.05, 3.63) is 66.0 Å². The van der Waals surface area contributed by atoms with Gasteiger partial charge in [0, 0.05) is 12.5 Å². The molecular formula is C16H16NO+. The first-order valence-electron chi connectivity index (χ1n) is 5.84. The third-order valence-electron chi connectivity index (χ3n) is 3.03. The van der Waals surface area contributed by atoms with Gasteiger partial charge in [0.25, 0.3) is 0 Å². The molecule has 0 saturated heterocycles. The predicted molar refractivity (Wildman–Crippen MR) is 70.5 cm³/mol. The second-order valence-corrected chi connectivity index (χ2v) is 4.37. The van der Waals surface area contributed by atoms with Gasteiger partial charge in [0.15, 0.2) is 12.4 Å². The summed E-state index contributed by atoms with van der Waals surface area (Å²) in [6.45, 7) is 0. The zero-order valence-corrected chi connectivity index (χ0v) is 10.4. The van der Waals surface area contributed by atoms with E-state index >= 15 is 0 Å². The molecule has 1 aromatic carbocycles. The molecule has 0 spiro atoms. The highest BCUT2D eigenvalue weighted by Crippen LogP contribution is 2.31. The lowest BCUT2D eigenvalue weighted by atomic mass is 9.85. The molecule has 0 bridgehead atoms. The first-order valence-corrected chi connectivity index (χ1v) is 5.84. The van der Waals surface area contributed by atoms with Crippen LogP contribution in [-0.4, -0.2) is 5.11 Å². The van der Waals surface area contributed by atoms with E-state index in [4.69, 9.17) is 6.42 Å². The maximum Gasteiger partial charge on any atom is 0.175 e. The zero-order valence-electron chi connectivity index (χ0n) is 10.4. The van der Waals surface area contributed by atoms with Gasteiger partial charge in [0.05, 0.1) is 5.56 Å². The van der Waals surface area contributed by atoms with Crippen LogP contribution in [0.4, 0.5) is 0 Å². The average Bonchev–Trinajstić information content (AvgIpc) is 2.40. The van der Waals surface area contributed by atoms with Crippen LogP contribution in [0.1, 0.15) is 17.5 Å². The Morgan fingerprint density at radius 3 is 2.44 bits per heavy atom. The molecule has 1 aromatic heterocycles. The Kier molecular flexibility index (Phi) is 3.45. The molecule has 0 fully saturated rings. The maximum atomic E-state index is 10.9. The molecule has 1 atom stereocenters. The second kappa shape index (κ2) is 5.03. The average molecular weight is 238 g/mol. The highest BCUT2D eigenvalue weighted by molar-refractivity contribution is 5.35. The minimum absolute atomic E-state index is 0.251. The lowest BCUT2D eigenvalue weighted by Gasteiger charge is -2.26. The van der Waals surface area contributed by atoms with Gasteiger partial charge in [-0.3, -0.25) is 0 Å². The fourth-order valence-electron chi connectivity index (χ4n) is 2.06. The topological polar surface area (TPSA) is 24.1 Å². The van der Waals surface area contributed by atoms with E-state index in [9.17, 15) is 5.11 Å². The maximum absolute atomic E-state index is 10.9. The molecule has 0 radical (unpaired) electrons. The van der Waals surface area contributed by atoms with E-state index in [1.54, 1.807) is 0 Å². The van der Waals surface area contributed by atoms with Crippen molar-refractivity contribution in [2.24, 2.45) is 7.05 Å². The van der Waals surface area contributed by atoms with Crippen molar-refractivity contribution in [1.29, 1.82) is 0 Å². The molecule has 2 rings (SSSR count). The molecule has 0 aliphatic rings. The predicted octanol–water partition coefficient (Wildman–Crippen LogP) is 1.77. The Morgan fingerprint density at radius 1 is 1.17 bits per heavy atom. The molecule has 0 aliphatic heterocycles. The quantitative estimate of drug-likeness (QED) is 0.639. The number of rotatable bonds is 3. The molecule has 2 nitrogen and oxygen atoms in total. The van der Waals surface area contributed by atoms with Crippen LogP contribution in [0.15, 0.2) is 54.9 Å². The van der Waals surface area contributed by atoms with Crippen LogP contribution in [-0.2, 0) is 12.6 Å². The summed E-state index contributed by atoms with van der Waals surface area (Å²) >= 11 is 0. The largest absolute Gasteiger partial charge is 0.379 e. The third kappa shape index (κ3) is 2.27. The van der Waals surface area contributed by atoms with Crippen LogP contribution >= 0.6 is 0 Å². The molecule has 0 amide bonds. The van der Waals surface area contributed by atoms with E-state index in [-0.39, 0.29) is 6.42 Å². The molecule has 1 N–H and O–H groups in total. The molecule has 1 heterocycles. The van der Waals surface area contributed by atoms with Gasteiger partial charge in [-0.25, -0.2) is 4.57 Å². The van der Waals surface area contributed by atoms with E-state index < -0.39 is 5.60 Å². The van der Waals surface area contributed by atoms with Crippen LogP contribution in [0.25, 0.3) is 0 Å². The molecule has 90 valence electrons. The van der Waals surface area contributed by atoms with Crippen molar-refractivity contribution >= 4 is 0 Å². The van der Waals surface area contributed by atoms with Gasteiger partial charge in [-0.2, -0.15) is 0 Å². The number of hydrogen-bond acceptors (Lipinski definition) is 1. The molecule has 0 aliphatic carbocycles. The van der Waals surface area contributed by atoms with Gasteiger partial charge in [-0.1, -0.05) is 30.3 Å². The summed E-state index contributed by atoms with van der Waals surface area (Å²) in [7, 11) is 1.92. The van der Waals surface area contributed by atoms with Gasteiger partial charge in [0.1, 0.15) is 12.6 Å². The summed E-state index contributed by atoms with van der Waals surface area (Å²) in [4.78, 5) is 0. The minimum Gasteiger partial charge on any atom is -0.379 e. The number of pyridine rings is 1. The van der Waals surface area contributed by atoms with Crippen LogP contribution in [0, 0.1) is 12.3 Å². The van der Waals surface area contributed by atoms with Crippen molar-refractivity contribution in [2.45, 2.75) is 12.0 Å². The van der Waals surface area contributed by atoms with Crippen LogP contribution < -0.4 is 4.57 Å². The number of benzene rings is 1. The van der Waals surface area contributed by atoms with Crippen LogP contribution in [0.3, 0.4) is 0 Å². The standard InChI is InChI=1S/C16H16NO/c1-3-11-16(18,14-8-5-4-6-9-14)15-10-7-12-17(2)13-15/h1,4-10,12-13,18H,11H2,2H3/q+1. The van der Waals surface area contributed by atoms with E-state index in [1.165, 1.54) is 0 Å². The van der Waals surface area contributed by atoms with Crippen molar-refractivity contribution in [3.63, 3.8) is 0 Å². The Labute approximate surface area is 108 Å². The summed E-state index contributed by atoms with van der Waals surface area (Å²) in [5.41, 5.74) is 0.487. The first kappa shape index (κ1) is 12.3. The summed E-state index contributed by atoms with van der Waals surface area (Å²) in [6.07, 6.45) is 9.48. The zero-order chi connectivity index (χ0) is 13.0. The number of nitrogens with zero attached hydrogens (tertiary/aromatic N) is 1. The Hall–Kier alpha value is -2.11. The van der Waals surface area contributed by atoms with E-state index in [1.807, 2.05) is 66.5 Å². The Balaban J connectivity index is 2.55. The van der Waals surface area contributed by atoms with Crippen molar-refractivity contribution in [1.82, 2.24) is 0 Å². The SMILES string of the molecule is C#CCC(O)(c1ccccc1)c1ccc[n+](C)c1. The van der Waals surface area contributed by atoms with Gasteiger partial charge >= 0.3 is 0 Å². The van der Waals surface area contributed by atoms with E-state index in [0.717, 1.165) is 11.1 Å². The van der Waals surface area contributed by atoms with Crippen LogP contribution in [0.5, 0.6) is 0 Å². The van der Waals surface area contributed by atoms with E-state index in [0.29, 0.717) is 0 Å². The van der Waals surface area contributed by atoms with Gasteiger partial charge in [-0.15, -0.1) is 12.3 Å². The summed E-state index contributed by atoms with van der Waals surface area (Å²) < 4.78 is 1.90. The normalized spacial score (nSPS) is 13.6.